The summed E-state index contributed by atoms with van der Waals surface area (Å²) >= 11 is 0. The molecule has 3 aliphatic rings. The van der Waals surface area contributed by atoms with Gasteiger partial charge in [-0.05, 0) is 20.3 Å². The van der Waals surface area contributed by atoms with Gasteiger partial charge < -0.3 is 15.0 Å². The van der Waals surface area contributed by atoms with Crippen molar-refractivity contribution in [3.63, 3.8) is 0 Å². The highest BCUT2D eigenvalue weighted by atomic mass is 16.5. The third-order valence-corrected chi connectivity index (χ3v) is 6.51. The van der Waals surface area contributed by atoms with Crippen molar-refractivity contribution < 1.29 is 9.53 Å². The molecule has 0 aromatic heterocycles. The predicted molar refractivity (Wildman–Crippen MR) is 78.5 cm³/mol. The standard InChI is InChI=1S/C16H28N2O2/c1-14(2)9-18(16(14,5)6)13(19)17-11-10-7-8-20-12(10)15(11,3)4/h10-12H,7-9H2,1-6H3,(H,17,19). The van der Waals surface area contributed by atoms with Gasteiger partial charge in [0.1, 0.15) is 0 Å². The van der Waals surface area contributed by atoms with E-state index in [1.54, 1.807) is 0 Å². The average molecular weight is 280 g/mol. The van der Waals surface area contributed by atoms with Crippen molar-refractivity contribution in [2.75, 3.05) is 13.2 Å². The largest absolute Gasteiger partial charge is 0.377 e. The molecule has 0 aromatic carbocycles. The number of nitrogens with zero attached hydrogens (tertiary/aromatic N) is 1. The van der Waals surface area contributed by atoms with Crippen molar-refractivity contribution in [3.8, 4) is 0 Å². The zero-order chi connectivity index (χ0) is 14.9. The van der Waals surface area contributed by atoms with Crippen molar-refractivity contribution in [1.29, 1.82) is 0 Å². The molecule has 3 atom stereocenters. The first kappa shape index (κ1) is 14.2. The summed E-state index contributed by atoms with van der Waals surface area (Å²) in [6.45, 7) is 14.9. The summed E-state index contributed by atoms with van der Waals surface area (Å²) in [5.41, 5.74) is 0.177. The Bertz CT molecular complexity index is 442. The maximum absolute atomic E-state index is 12.6. The molecule has 1 aliphatic carbocycles. The van der Waals surface area contributed by atoms with Gasteiger partial charge in [0.25, 0.3) is 0 Å². The molecular weight excluding hydrogens is 252 g/mol. The Morgan fingerprint density at radius 1 is 1.20 bits per heavy atom. The molecular formula is C16H28N2O2. The number of amides is 2. The van der Waals surface area contributed by atoms with E-state index in [-0.39, 0.29) is 28.4 Å². The Kier molecular flexibility index (Phi) is 2.77. The molecule has 4 heteroatoms. The Morgan fingerprint density at radius 2 is 1.85 bits per heavy atom. The number of carbonyl (C=O) groups is 1. The van der Waals surface area contributed by atoms with Crippen molar-refractivity contribution in [3.05, 3.63) is 0 Å². The first-order chi connectivity index (χ1) is 9.09. The minimum Gasteiger partial charge on any atom is -0.377 e. The summed E-state index contributed by atoms with van der Waals surface area (Å²) in [6.07, 6.45) is 1.40. The van der Waals surface area contributed by atoms with Crippen LogP contribution in [0.2, 0.25) is 0 Å². The Hall–Kier alpha value is -0.770. The van der Waals surface area contributed by atoms with Gasteiger partial charge in [-0.3, -0.25) is 0 Å². The molecule has 0 radical (unpaired) electrons. The predicted octanol–water partition coefficient (Wildman–Crippen LogP) is 2.63. The van der Waals surface area contributed by atoms with Gasteiger partial charge in [-0.2, -0.15) is 0 Å². The third-order valence-electron chi connectivity index (χ3n) is 6.51. The SMILES string of the molecule is CC1(C)C(NC(=O)N2CC(C)(C)C2(C)C)C2CCOC21. The normalized spacial score (nSPS) is 39.5. The molecule has 2 saturated heterocycles. The molecule has 0 aromatic rings. The fourth-order valence-corrected chi connectivity index (χ4v) is 4.21. The average Bonchev–Trinajstić information content (AvgIpc) is 2.79. The minimum atomic E-state index is -0.0729. The van der Waals surface area contributed by atoms with E-state index in [9.17, 15) is 4.79 Å². The third kappa shape index (κ3) is 1.60. The first-order valence-electron chi connectivity index (χ1n) is 7.79. The molecule has 1 saturated carbocycles. The van der Waals surface area contributed by atoms with Crippen LogP contribution in [0.5, 0.6) is 0 Å². The second-order valence-electron chi connectivity index (χ2n) is 8.52. The molecule has 3 rings (SSSR count). The zero-order valence-corrected chi connectivity index (χ0v) is 13.6. The van der Waals surface area contributed by atoms with Gasteiger partial charge in [-0.25, -0.2) is 4.79 Å². The Balaban J connectivity index is 1.66. The van der Waals surface area contributed by atoms with Crippen LogP contribution in [0.15, 0.2) is 0 Å². The van der Waals surface area contributed by atoms with Crippen LogP contribution in [-0.2, 0) is 4.74 Å². The van der Waals surface area contributed by atoms with Crippen molar-refractivity contribution in [2.24, 2.45) is 16.7 Å². The van der Waals surface area contributed by atoms with Gasteiger partial charge in [0.05, 0.1) is 6.10 Å². The highest BCUT2D eigenvalue weighted by Gasteiger charge is 2.61. The number of likely N-dealkylation sites (tertiary alicyclic amines) is 1. The minimum absolute atomic E-state index is 0.0569. The fourth-order valence-electron chi connectivity index (χ4n) is 4.21. The zero-order valence-electron chi connectivity index (χ0n) is 13.6. The Morgan fingerprint density at radius 3 is 2.40 bits per heavy atom. The fraction of sp³-hybridized carbons (Fsp3) is 0.938. The molecule has 2 heterocycles. The lowest BCUT2D eigenvalue weighted by Gasteiger charge is -2.62. The molecule has 4 nitrogen and oxygen atoms in total. The van der Waals surface area contributed by atoms with E-state index in [1.165, 1.54) is 0 Å². The molecule has 0 spiro atoms. The summed E-state index contributed by atoms with van der Waals surface area (Å²) < 4.78 is 5.79. The van der Waals surface area contributed by atoms with Crippen LogP contribution in [0.1, 0.15) is 48.0 Å². The van der Waals surface area contributed by atoms with E-state index >= 15 is 0 Å². The molecule has 2 amide bonds. The molecule has 0 bridgehead atoms. The van der Waals surface area contributed by atoms with Crippen molar-refractivity contribution >= 4 is 6.03 Å². The quantitative estimate of drug-likeness (QED) is 0.802. The van der Waals surface area contributed by atoms with E-state index < -0.39 is 0 Å². The van der Waals surface area contributed by atoms with E-state index in [1.807, 2.05) is 4.90 Å². The van der Waals surface area contributed by atoms with Gasteiger partial charge in [0, 0.05) is 41.5 Å². The highest BCUT2D eigenvalue weighted by molar-refractivity contribution is 5.77. The summed E-state index contributed by atoms with van der Waals surface area (Å²) in [5.74, 6) is 0.506. The number of hydrogen-bond acceptors (Lipinski definition) is 2. The second-order valence-corrected chi connectivity index (χ2v) is 8.52. The van der Waals surface area contributed by atoms with E-state index in [0.29, 0.717) is 12.0 Å². The Labute approximate surface area is 122 Å². The van der Waals surface area contributed by atoms with E-state index in [0.717, 1.165) is 19.6 Å². The molecule has 1 N–H and O–H groups in total. The van der Waals surface area contributed by atoms with Crippen molar-refractivity contribution in [2.45, 2.75) is 65.6 Å². The van der Waals surface area contributed by atoms with E-state index in [4.69, 9.17) is 4.74 Å². The molecule has 20 heavy (non-hydrogen) atoms. The van der Waals surface area contributed by atoms with Crippen LogP contribution in [0.3, 0.4) is 0 Å². The summed E-state index contributed by atoms with van der Waals surface area (Å²) in [4.78, 5) is 14.6. The van der Waals surface area contributed by atoms with Crippen LogP contribution in [0.4, 0.5) is 4.79 Å². The smallest absolute Gasteiger partial charge is 0.318 e. The number of urea groups is 1. The molecule has 3 unspecified atom stereocenters. The lowest BCUT2D eigenvalue weighted by Crippen LogP contribution is -2.75. The highest BCUT2D eigenvalue weighted by Crippen LogP contribution is 2.52. The number of carbonyl (C=O) groups excluding carboxylic acids is 1. The number of ether oxygens (including phenoxy) is 1. The summed E-state index contributed by atoms with van der Waals surface area (Å²) in [5, 5.41) is 3.28. The van der Waals surface area contributed by atoms with Crippen LogP contribution in [0, 0.1) is 16.7 Å². The number of rotatable bonds is 1. The second kappa shape index (κ2) is 3.90. The van der Waals surface area contributed by atoms with Crippen LogP contribution < -0.4 is 5.32 Å². The van der Waals surface area contributed by atoms with Crippen LogP contribution in [0.25, 0.3) is 0 Å². The number of hydrogen-bond donors (Lipinski definition) is 1. The van der Waals surface area contributed by atoms with Crippen LogP contribution >= 0.6 is 0 Å². The first-order valence-corrected chi connectivity index (χ1v) is 7.79. The molecule has 3 fully saturated rings. The van der Waals surface area contributed by atoms with Gasteiger partial charge in [-0.15, -0.1) is 0 Å². The summed E-state index contributed by atoms with van der Waals surface area (Å²) in [6, 6.07) is 0.347. The monoisotopic (exact) mass is 280 g/mol. The summed E-state index contributed by atoms with van der Waals surface area (Å²) in [7, 11) is 0. The van der Waals surface area contributed by atoms with Gasteiger partial charge in [-0.1, -0.05) is 27.7 Å². The molecule has 2 aliphatic heterocycles. The number of nitrogens with one attached hydrogen (secondary N) is 1. The van der Waals surface area contributed by atoms with Gasteiger partial charge >= 0.3 is 6.03 Å². The topological polar surface area (TPSA) is 41.6 Å². The maximum atomic E-state index is 12.6. The van der Waals surface area contributed by atoms with Crippen LogP contribution in [-0.4, -0.2) is 41.8 Å². The van der Waals surface area contributed by atoms with Gasteiger partial charge in [0.15, 0.2) is 0 Å². The van der Waals surface area contributed by atoms with Crippen molar-refractivity contribution in [1.82, 2.24) is 10.2 Å². The van der Waals surface area contributed by atoms with E-state index in [2.05, 4.69) is 46.9 Å². The van der Waals surface area contributed by atoms with Gasteiger partial charge in [0.2, 0.25) is 0 Å². The lowest BCUT2D eigenvalue weighted by atomic mass is 9.57. The molecule has 114 valence electrons. The lowest BCUT2D eigenvalue weighted by molar-refractivity contribution is -0.117. The number of fused-ring (bicyclic) bond motifs is 1. The maximum Gasteiger partial charge on any atom is 0.318 e.